The first-order valence-corrected chi connectivity index (χ1v) is 28.1. The molecule has 19 heteroatoms. The maximum atomic E-state index is 15.4. The van der Waals surface area contributed by atoms with Crippen LogP contribution in [0.2, 0.25) is 18.1 Å². The number of alkyl carbamates (subject to hydrolysis) is 1. The molecule has 410 valence electrons. The van der Waals surface area contributed by atoms with Gasteiger partial charge in [-0.05, 0) is 107 Å². The smallest absolute Gasteiger partial charge is 0.408 e. The van der Waals surface area contributed by atoms with Gasteiger partial charge in [0, 0.05) is 12.6 Å². The van der Waals surface area contributed by atoms with Crippen LogP contribution in [0.15, 0.2) is 133 Å². The fraction of sp³-hybridized carbons (Fsp3) is 0.305. The summed E-state index contributed by atoms with van der Waals surface area (Å²) in [7, 11) is 2.95. The van der Waals surface area contributed by atoms with Crippen LogP contribution in [0.25, 0.3) is 0 Å². The molecule has 0 radical (unpaired) electrons. The summed E-state index contributed by atoms with van der Waals surface area (Å²) in [6.45, 7) is 12.0. The summed E-state index contributed by atoms with van der Waals surface area (Å²) in [5.41, 5.74) is 3.03. The van der Waals surface area contributed by atoms with Crippen molar-refractivity contribution >= 4 is 38.0 Å². The number of amides is 5. The normalized spacial score (nSPS) is 17.0. The predicted molar refractivity (Wildman–Crippen MR) is 294 cm³/mol. The van der Waals surface area contributed by atoms with Crippen molar-refractivity contribution in [1.82, 2.24) is 26.6 Å². The van der Waals surface area contributed by atoms with Gasteiger partial charge in [-0.25, -0.2) is 4.79 Å². The maximum Gasteiger partial charge on any atom is 0.408 e. The van der Waals surface area contributed by atoms with Crippen LogP contribution in [0.5, 0.6) is 40.2 Å². The zero-order valence-corrected chi connectivity index (χ0v) is 46.3. The highest BCUT2D eigenvalue weighted by Crippen LogP contribution is 2.44. The molecule has 0 aromatic heterocycles. The summed E-state index contributed by atoms with van der Waals surface area (Å²) in [5, 5.41) is 25.2. The first kappa shape index (κ1) is 57.2. The van der Waals surface area contributed by atoms with Crippen molar-refractivity contribution in [1.29, 1.82) is 0 Å². The Bertz CT molecular complexity index is 3080. The number of hydrogen-bond acceptors (Lipinski definition) is 13. The molecule has 5 amide bonds. The number of fused-ring (bicyclic) bond motifs is 9. The standard InChI is InChI=1S/C59H67N5O13Si/c1-35-45(72-7)30-41(31-46(35)74-33-36-17-13-11-14-18-36)50(64-58(70)75-34-37-19-15-12-16-20-37)57(69)62-49-40-29-44(65)53(73-8)47(32-40)76-43-27-23-39(24-28-43)52(77-78(9,10)59(2,3)4)51(54(66)60-5)63-55(67)48(61-56(49)68)38-21-25-42(71-6)26-22-38/h11-32,48-52,65H,33-34H2,1-10H3,(H,60,66)(H,61,68)(H,62,69)(H,63,67)(H,64,70)/t48-,49+,50+,51-,52+/m1/s1. The molecule has 2 aliphatic rings. The number of carbonyl (C=O) groups excluding carboxylic acids is 5. The number of phenolic OH excluding ortho intramolecular Hbond substituents is 1. The molecule has 5 atom stereocenters. The Morgan fingerprint density at radius 3 is 1.94 bits per heavy atom. The van der Waals surface area contributed by atoms with Gasteiger partial charge in [-0.15, -0.1) is 0 Å². The number of rotatable bonds is 16. The predicted octanol–water partition coefficient (Wildman–Crippen LogP) is 9.09. The number of likely N-dealkylation sites (N-methyl/N-ethyl adjacent to an activating group) is 1. The average Bonchev–Trinajstić information content (AvgIpc) is 3.52. The van der Waals surface area contributed by atoms with Crippen LogP contribution >= 0.6 is 0 Å². The van der Waals surface area contributed by atoms with Crippen LogP contribution < -0.4 is 50.3 Å². The van der Waals surface area contributed by atoms with E-state index in [1.165, 1.54) is 40.5 Å². The van der Waals surface area contributed by atoms with Crippen molar-refractivity contribution in [3.63, 3.8) is 0 Å². The van der Waals surface area contributed by atoms with E-state index in [0.29, 0.717) is 33.9 Å². The molecule has 0 spiro atoms. The third kappa shape index (κ3) is 13.7. The minimum atomic E-state index is -2.74. The molecule has 0 aliphatic carbocycles. The number of phenols is 1. The average molecular weight is 1080 g/mol. The van der Waals surface area contributed by atoms with Crippen molar-refractivity contribution < 1.29 is 61.9 Å². The molecule has 6 aromatic carbocycles. The number of benzene rings is 6. The van der Waals surface area contributed by atoms with Crippen molar-refractivity contribution in [2.45, 2.75) is 89.3 Å². The van der Waals surface area contributed by atoms with E-state index in [4.69, 9.17) is 32.8 Å². The Hall–Kier alpha value is -8.55. The summed E-state index contributed by atoms with van der Waals surface area (Å²) < 4.78 is 42.1. The number of nitrogens with one attached hydrogen (secondary N) is 5. The van der Waals surface area contributed by atoms with Gasteiger partial charge >= 0.3 is 6.09 Å². The zero-order valence-electron chi connectivity index (χ0n) is 45.3. The third-order valence-electron chi connectivity index (χ3n) is 13.8. The summed E-state index contributed by atoms with van der Waals surface area (Å²) >= 11 is 0. The minimum absolute atomic E-state index is 0.0448. The Morgan fingerprint density at radius 1 is 0.731 bits per heavy atom. The summed E-state index contributed by atoms with van der Waals surface area (Å²) in [5.74, 6) is -2.67. The largest absolute Gasteiger partial charge is 0.504 e. The van der Waals surface area contributed by atoms with Crippen LogP contribution in [-0.4, -0.2) is 77.6 Å². The van der Waals surface area contributed by atoms with Crippen LogP contribution in [0.4, 0.5) is 4.79 Å². The molecule has 6 N–H and O–H groups in total. The first-order chi connectivity index (χ1) is 37.2. The van der Waals surface area contributed by atoms with Gasteiger partial charge in [-0.2, -0.15) is 0 Å². The van der Waals surface area contributed by atoms with Crippen LogP contribution in [0.3, 0.4) is 0 Å². The monoisotopic (exact) mass is 1080 g/mol. The molecule has 2 heterocycles. The van der Waals surface area contributed by atoms with Gasteiger partial charge in [0.15, 0.2) is 19.8 Å². The number of aromatic hydroxyl groups is 1. The van der Waals surface area contributed by atoms with Crippen LogP contribution in [-0.2, 0) is 41.6 Å². The van der Waals surface area contributed by atoms with Crippen LogP contribution in [0, 0.1) is 6.92 Å². The molecular formula is C59H67N5O13Si. The zero-order chi connectivity index (χ0) is 56.3. The molecule has 8 rings (SSSR count). The van der Waals surface area contributed by atoms with E-state index < -0.39 is 74.1 Å². The van der Waals surface area contributed by atoms with Crippen molar-refractivity contribution in [2.24, 2.45) is 0 Å². The number of hydrogen-bond donors (Lipinski definition) is 6. The summed E-state index contributed by atoms with van der Waals surface area (Å²) in [6, 6.07) is 30.8. The van der Waals surface area contributed by atoms with E-state index in [2.05, 4.69) is 26.6 Å². The molecule has 0 unspecified atom stereocenters. The Morgan fingerprint density at radius 2 is 1.35 bits per heavy atom. The van der Waals surface area contributed by atoms with E-state index in [0.717, 1.165) is 5.56 Å². The van der Waals surface area contributed by atoms with E-state index in [1.807, 2.05) is 70.3 Å². The number of methoxy groups -OCH3 is 3. The SMILES string of the molecule is CNC(=O)[C@@H]1NC(=O)[C@@H](c2ccc(OC)cc2)NC(=O)[C@@H](NC(=O)[C@@H](NC(=O)OCc2ccccc2)c2cc(OC)c(C)c(OCc3ccccc3)c2)c2cc(O)c(OC)c(c2)Oc2ccc(cc2)[C@@H]1O[Si](C)(C)C(C)(C)C. The maximum absolute atomic E-state index is 15.4. The Labute approximate surface area is 455 Å². The minimum Gasteiger partial charge on any atom is -0.504 e. The Kier molecular flexibility index (Phi) is 18.4. The van der Waals surface area contributed by atoms with Crippen molar-refractivity contribution in [3.05, 3.63) is 172 Å². The molecule has 78 heavy (non-hydrogen) atoms. The van der Waals surface area contributed by atoms with Crippen molar-refractivity contribution in [2.75, 3.05) is 28.4 Å². The fourth-order valence-corrected chi connectivity index (χ4v) is 9.64. The Balaban J connectivity index is 1.37. The van der Waals surface area contributed by atoms with Gasteiger partial charge in [-0.1, -0.05) is 106 Å². The third-order valence-corrected chi connectivity index (χ3v) is 18.3. The highest BCUT2D eigenvalue weighted by molar-refractivity contribution is 6.74. The summed E-state index contributed by atoms with van der Waals surface area (Å²) in [6.07, 6.45) is -2.05. The second-order valence-corrected chi connectivity index (χ2v) is 24.8. The van der Waals surface area contributed by atoms with Crippen LogP contribution in [0.1, 0.15) is 83.9 Å². The quantitative estimate of drug-likeness (QED) is 0.0498. The van der Waals surface area contributed by atoms with Gasteiger partial charge in [-0.3, -0.25) is 19.2 Å². The van der Waals surface area contributed by atoms with E-state index in [-0.39, 0.29) is 52.2 Å². The first-order valence-electron chi connectivity index (χ1n) is 25.2. The van der Waals surface area contributed by atoms with Gasteiger partial charge in [0.1, 0.15) is 60.4 Å². The summed E-state index contributed by atoms with van der Waals surface area (Å²) in [4.78, 5) is 74.0. The fourth-order valence-electron chi connectivity index (χ4n) is 8.38. The highest BCUT2D eigenvalue weighted by atomic mass is 28.4. The molecule has 0 fully saturated rings. The lowest BCUT2D eigenvalue weighted by molar-refractivity contribution is -0.135. The topological polar surface area (TPSA) is 230 Å². The lowest BCUT2D eigenvalue weighted by Crippen LogP contribution is -2.56. The highest BCUT2D eigenvalue weighted by Gasteiger charge is 2.44. The van der Waals surface area contributed by atoms with E-state index in [1.54, 1.807) is 91.9 Å². The van der Waals surface area contributed by atoms with Gasteiger partial charge in [0.05, 0.1) is 27.4 Å². The van der Waals surface area contributed by atoms with Gasteiger partial charge in [0.25, 0.3) is 0 Å². The van der Waals surface area contributed by atoms with Crippen molar-refractivity contribution in [3.8, 4) is 40.2 Å². The van der Waals surface area contributed by atoms with Gasteiger partial charge < -0.3 is 64.5 Å². The van der Waals surface area contributed by atoms with E-state index in [9.17, 15) is 14.7 Å². The molecule has 6 aromatic rings. The number of carbonyl (C=O) groups is 5. The second-order valence-electron chi connectivity index (χ2n) is 20.1. The second kappa shape index (κ2) is 25.1. The lowest BCUT2D eigenvalue weighted by atomic mass is 9.98. The molecular weight excluding hydrogens is 1010 g/mol. The molecule has 4 bridgehead atoms. The molecule has 0 saturated heterocycles. The number of ether oxygens (including phenoxy) is 6. The molecule has 0 saturated carbocycles. The lowest BCUT2D eigenvalue weighted by Gasteiger charge is -2.41. The molecule has 2 aliphatic heterocycles. The van der Waals surface area contributed by atoms with E-state index >= 15 is 14.4 Å². The van der Waals surface area contributed by atoms with Gasteiger partial charge in [0.2, 0.25) is 29.4 Å². The molecule has 18 nitrogen and oxygen atoms in total.